The zero-order valence-corrected chi connectivity index (χ0v) is 12.9. The van der Waals surface area contributed by atoms with Crippen molar-refractivity contribution < 1.29 is 16.8 Å². The predicted octanol–water partition coefficient (Wildman–Crippen LogP) is 0.226. The molecule has 2 fully saturated rings. The van der Waals surface area contributed by atoms with Gasteiger partial charge in [0.2, 0.25) is 20.0 Å². The Bertz CT molecular complexity index is 501. The Morgan fingerprint density at radius 1 is 0.895 bits per heavy atom. The molecule has 1 aliphatic carbocycles. The van der Waals surface area contributed by atoms with Crippen LogP contribution in [0.2, 0.25) is 0 Å². The first-order chi connectivity index (χ1) is 8.88. The second kappa shape index (κ2) is 5.67. The first-order valence-electron chi connectivity index (χ1n) is 6.84. The second-order valence-electron chi connectivity index (χ2n) is 5.15. The summed E-state index contributed by atoms with van der Waals surface area (Å²) in [5, 5.41) is -0.248. The average Bonchev–Trinajstić information content (AvgIpc) is 2.93. The molecule has 2 aliphatic rings. The van der Waals surface area contributed by atoms with Crippen LogP contribution in [-0.2, 0) is 20.0 Å². The molecule has 1 saturated heterocycles. The molecule has 0 atom stereocenters. The fourth-order valence-corrected chi connectivity index (χ4v) is 5.89. The van der Waals surface area contributed by atoms with Gasteiger partial charge in [-0.15, -0.1) is 0 Å². The van der Waals surface area contributed by atoms with Crippen LogP contribution in [-0.4, -0.2) is 62.6 Å². The van der Waals surface area contributed by atoms with Crippen LogP contribution in [0.25, 0.3) is 0 Å². The normalized spacial score (nSPS) is 24.9. The van der Waals surface area contributed by atoms with Crippen molar-refractivity contribution in [2.24, 2.45) is 0 Å². The molecule has 0 spiro atoms. The molecule has 2 rings (SSSR count). The Morgan fingerprint density at radius 2 is 1.37 bits per heavy atom. The second-order valence-corrected chi connectivity index (χ2v) is 9.62. The highest BCUT2D eigenvalue weighted by molar-refractivity contribution is 7.90. The van der Waals surface area contributed by atoms with Crippen molar-refractivity contribution in [1.82, 2.24) is 8.61 Å². The van der Waals surface area contributed by atoms with Gasteiger partial charge >= 0.3 is 0 Å². The lowest BCUT2D eigenvalue weighted by atomic mass is 10.4. The highest BCUT2D eigenvalue weighted by Crippen LogP contribution is 2.27. The summed E-state index contributed by atoms with van der Waals surface area (Å²) in [5.74, 6) is 0.0718. The van der Waals surface area contributed by atoms with Crippen molar-refractivity contribution in [1.29, 1.82) is 0 Å². The molecule has 0 aromatic carbocycles. The lowest BCUT2D eigenvalue weighted by molar-refractivity contribution is 0.271. The van der Waals surface area contributed by atoms with Crippen LogP contribution >= 0.6 is 0 Å². The van der Waals surface area contributed by atoms with Gasteiger partial charge in [0.05, 0.1) is 11.0 Å². The first kappa shape index (κ1) is 15.2. The minimum absolute atomic E-state index is 0.0718. The van der Waals surface area contributed by atoms with Crippen molar-refractivity contribution in [3.05, 3.63) is 0 Å². The van der Waals surface area contributed by atoms with Gasteiger partial charge in [0.1, 0.15) is 0 Å². The summed E-state index contributed by atoms with van der Waals surface area (Å²) in [6.07, 6.45) is 3.45. The van der Waals surface area contributed by atoms with Crippen LogP contribution in [0.5, 0.6) is 0 Å². The minimum atomic E-state index is -3.23. The third-order valence-electron chi connectivity index (χ3n) is 4.04. The molecule has 0 N–H and O–H groups in total. The van der Waals surface area contributed by atoms with Gasteiger partial charge in [-0.05, 0) is 19.8 Å². The minimum Gasteiger partial charge on any atom is -0.212 e. The zero-order chi connectivity index (χ0) is 14.1. The topological polar surface area (TPSA) is 74.8 Å². The van der Waals surface area contributed by atoms with Crippen LogP contribution in [0.3, 0.4) is 0 Å². The fraction of sp³-hybridized carbons (Fsp3) is 1.00. The molecule has 19 heavy (non-hydrogen) atoms. The maximum Gasteiger partial charge on any atom is 0.217 e. The molecule has 1 aliphatic heterocycles. The third kappa shape index (κ3) is 3.12. The van der Waals surface area contributed by atoms with Gasteiger partial charge in [-0.1, -0.05) is 12.8 Å². The molecule has 0 bridgehead atoms. The van der Waals surface area contributed by atoms with Gasteiger partial charge in [0.15, 0.2) is 0 Å². The van der Waals surface area contributed by atoms with E-state index < -0.39 is 20.0 Å². The van der Waals surface area contributed by atoms with Crippen molar-refractivity contribution >= 4 is 20.0 Å². The van der Waals surface area contributed by atoms with Crippen molar-refractivity contribution in [2.75, 3.05) is 31.9 Å². The molecular formula is C11H22N2O4S2. The molecule has 1 heterocycles. The predicted molar refractivity (Wildman–Crippen MR) is 73.8 cm³/mol. The van der Waals surface area contributed by atoms with Crippen LogP contribution in [0.15, 0.2) is 0 Å². The van der Waals surface area contributed by atoms with E-state index in [0.717, 1.165) is 25.7 Å². The Balaban J connectivity index is 2.00. The van der Waals surface area contributed by atoms with Crippen LogP contribution in [0, 0.1) is 0 Å². The summed E-state index contributed by atoms with van der Waals surface area (Å²) in [4.78, 5) is 0. The molecule has 6 nitrogen and oxygen atoms in total. The lowest BCUT2D eigenvalue weighted by Crippen LogP contribution is -2.52. The summed E-state index contributed by atoms with van der Waals surface area (Å²) in [6, 6.07) is 0. The Kier molecular flexibility index (Phi) is 4.54. The fourth-order valence-electron chi connectivity index (χ4n) is 2.78. The number of rotatable bonds is 4. The van der Waals surface area contributed by atoms with E-state index in [-0.39, 0.29) is 37.2 Å². The number of nitrogens with zero attached hydrogens (tertiary/aromatic N) is 2. The lowest BCUT2D eigenvalue weighted by Gasteiger charge is -2.34. The van der Waals surface area contributed by atoms with Gasteiger partial charge in [0, 0.05) is 26.2 Å². The van der Waals surface area contributed by atoms with Crippen LogP contribution < -0.4 is 0 Å². The Hall–Kier alpha value is -0.180. The van der Waals surface area contributed by atoms with Crippen molar-refractivity contribution in [3.63, 3.8) is 0 Å². The monoisotopic (exact) mass is 310 g/mol. The largest absolute Gasteiger partial charge is 0.217 e. The van der Waals surface area contributed by atoms with Gasteiger partial charge in [-0.3, -0.25) is 0 Å². The number of piperazine rings is 1. The summed E-state index contributed by atoms with van der Waals surface area (Å²) >= 11 is 0. The third-order valence-corrected chi connectivity index (χ3v) is 8.32. The highest BCUT2D eigenvalue weighted by atomic mass is 32.2. The van der Waals surface area contributed by atoms with E-state index >= 15 is 0 Å². The molecule has 1 saturated carbocycles. The van der Waals surface area contributed by atoms with Gasteiger partial charge in [-0.2, -0.15) is 8.61 Å². The van der Waals surface area contributed by atoms with E-state index in [1.54, 1.807) is 6.92 Å². The van der Waals surface area contributed by atoms with Crippen LogP contribution in [0.4, 0.5) is 0 Å². The summed E-state index contributed by atoms with van der Waals surface area (Å²) in [7, 11) is -6.42. The van der Waals surface area contributed by atoms with E-state index in [1.807, 2.05) is 0 Å². The van der Waals surface area contributed by atoms with Gasteiger partial charge in [0.25, 0.3) is 0 Å². The number of hydrogen-bond donors (Lipinski definition) is 0. The molecule has 112 valence electrons. The van der Waals surface area contributed by atoms with Crippen molar-refractivity contribution in [2.45, 2.75) is 37.9 Å². The van der Waals surface area contributed by atoms with E-state index in [0.29, 0.717) is 0 Å². The SMILES string of the molecule is CCS(=O)(=O)N1CCN(S(=O)(=O)C2CCCC2)CC1. The average molecular weight is 310 g/mol. The standard InChI is InChI=1S/C11H22N2O4S2/c1-2-18(14,15)12-7-9-13(10-8-12)19(16,17)11-5-3-4-6-11/h11H,2-10H2,1H3. The van der Waals surface area contributed by atoms with Crippen LogP contribution in [0.1, 0.15) is 32.6 Å². The molecule has 0 unspecified atom stereocenters. The van der Waals surface area contributed by atoms with E-state index in [1.165, 1.54) is 8.61 Å². The highest BCUT2D eigenvalue weighted by Gasteiger charge is 2.37. The Labute approximate surface area is 115 Å². The number of hydrogen-bond acceptors (Lipinski definition) is 4. The molecule has 8 heteroatoms. The summed E-state index contributed by atoms with van der Waals surface area (Å²) < 4.78 is 51.1. The molecular weight excluding hydrogens is 288 g/mol. The van der Waals surface area contributed by atoms with E-state index in [2.05, 4.69) is 0 Å². The number of sulfonamides is 2. The van der Waals surface area contributed by atoms with Crippen molar-refractivity contribution in [3.8, 4) is 0 Å². The maximum atomic E-state index is 12.4. The van der Waals surface area contributed by atoms with Gasteiger partial charge < -0.3 is 0 Å². The zero-order valence-electron chi connectivity index (χ0n) is 11.3. The first-order valence-corrected chi connectivity index (χ1v) is 9.96. The van der Waals surface area contributed by atoms with E-state index in [4.69, 9.17) is 0 Å². The van der Waals surface area contributed by atoms with E-state index in [9.17, 15) is 16.8 Å². The Morgan fingerprint density at radius 3 is 1.84 bits per heavy atom. The smallest absolute Gasteiger partial charge is 0.212 e. The molecule has 0 amide bonds. The van der Waals surface area contributed by atoms with Gasteiger partial charge in [-0.25, -0.2) is 16.8 Å². The summed E-state index contributed by atoms with van der Waals surface area (Å²) in [6.45, 7) is 2.75. The quantitative estimate of drug-likeness (QED) is 0.745. The molecule has 0 aromatic rings. The maximum absolute atomic E-state index is 12.4. The molecule has 0 aromatic heterocycles. The summed E-state index contributed by atoms with van der Waals surface area (Å²) in [5.41, 5.74) is 0. The molecule has 0 radical (unpaired) electrons.